The summed E-state index contributed by atoms with van der Waals surface area (Å²) in [6, 6.07) is 7.22. The van der Waals surface area contributed by atoms with Gasteiger partial charge in [-0.3, -0.25) is 4.79 Å². The summed E-state index contributed by atoms with van der Waals surface area (Å²) >= 11 is 0. The highest BCUT2D eigenvalue weighted by atomic mass is 16.1. The van der Waals surface area contributed by atoms with E-state index < -0.39 is 0 Å². The van der Waals surface area contributed by atoms with Crippen molar-refractivity contribution in [2.75, 3.05) is 0 Å². The monoisotopic (exact) mass is 306 g/mol. The third-order valence-electron chi connectivity index (χ3n) is 7.21. The van der Waals surface area contributed by atoms with Crippen molar-refractivity contribution in [3.05, 3.63) is 46.5 Å². The maximum atomic E-state index is 12.9. The fraction of sp³-hybridized carbons (Fsp3) is 0.591. The van der Waals surface area contributed by atoms with Crippen molar-refractivity contribution >= 4 is 5.78 Å². The maximum absolute atomic E-state index is 12.9. The van der Waals surface area contributed by atoms with Crippen molar-refractivity contribution in [2.24, 2.45) is 5.92 Å². The van der Waals surface area contributed by atoms with Crippen LogP contribution in [-0.2, 0) is 16.6 Å². The summed E-state index contributed by atoms with van der Waals surface area (Å²) in [6.07, 6.45) is 14.4. The van der Waals surface area contributed by atoms with Crippen LogP contribution in [0.3, 0.4) is 0 Å². The van der Waals surface area contributed by atoms with Gasteiger partial charge in [-0.2, -0.15) is 0 Å². The van der Waals surface area contributed by atoms with Gasteiger partial charge in [-0.1, -0.05) is 49.1 Å². The zero-order valence-electron chi connectivity index (χ0n) is 13.9. The van der Waals surface area contributed by atoms with E-state index in [0.29, 0.717) is 11.7 Å². The minimum Gasteiger partial charge on any atom is -0.299 e. The second-order valence-corrected chi connectivity index (χ2v) is 8.32. The highest BCUT2D eigenvalue weighted by Gasteiger charge is 2.54. The van der Waals surface area contributed by atoms with Crippen LogP contribution in [0.2, 0.25) is 0 Å². The van der Waals surface area contributed by atoms with E-state index in [-0.39, 0.29) is 5.41 Å². The number of hydrogen-bond acceptors (Lipinski definition) is 1. The van der Waals surface area contributed by atoms with E-state index >= 15 is 0 Å². The normalized spacial score (nSPS) is 33.1. The highest BCUT2D eigenvalue weighted by Crippen LogP contribution is 2.57. The van der Waals surface area contributed by atoms with E-state index in [0.717, 1.165) is 31.6 Å². The first-order valence-corrected chi connectivity index (χ1v) is 9.62. The van der Waals surface area contributed by atoms with Gasteiger partial charge in [-0.05, 0) is 67.1 Å². The summed E-state index contributed by atoms with van der Waals surface area (Å²) in [5, 5.41) is 0. The quantitative estimate of drug-likeness (QED) is 0.649. The first-order valence-electron chi connectivity index (χ1n) is 9.62. The van der Waals surface area contributed by atoms with Crippen LogP contribution in [0.1, 0.15) is 80.4 Å². The summed E-state index contributed by atoms with van der Waals surface area (Å²) in [5.74, 6) is 1.86. The minimum atomic E-state index is -0.136. The molecule has 0 amide bonds. The van der Waals surface area contributed by atoms with Crippen LogP contribution in [0.4, 0.5) is 0 Å². The van der Waals surface area contributed by atoms with E-state index in [1.54, 1.807) is 11.1 Å². The van der Waals surface area contributed by atoms with Crippen LogP contribution in [0.25, 0.3) is 0 Å². The predicted octanol–water partition coefficient (Wildman–Crippen LogP) is 5.23. The standard InChI is InChI=1S/C22H26O/c23-21-11-8-18-13-17(16-4-2-1-3-5-16)7-10-20(18)22(21)14-15-6-9-19(22)12-15/h6-7,10,13,16,19H,1-5,8-9,11-12,14H2. The molecule has 2 saturated carbocycles. The van der Waals surface area contributed by atoms with Crippen LogP contribution in [-0.4, -0.2) is 5.78 Å². The first kappa shape index (κ1) is 14.0. The molecule has 4 aliphatic carbocycles. The molecule has 2 fully saturated rings. The Bertz CT molecular complexity index is 692. The smallest absolute Gasteiger partial charge is 0.144 e. The zero-order chi connectivity index (χ0) is 15.4. The molecule has 2 bridgehead atoms. The molecule has 2 unspecified atom stereocenters. The van der Waals surface area contributed by atoms with E-state index in [2.05, 4.69) is 24.3 Å². The highest BCUT2D eigenvalue weighted by molar-refractivity contribution is 5.94. The molecule has 1 aromatic carbocycles. The van der Waals surface area contributed by atoms with Gasteiger partial charge in [0, 0.05) is 6.42 Å². The van der Waals surface area contributed by atoms with E-state index in [9.17, 15) is 4.79 Å². The van der Waals surface area contributed by atoms with Gasteiger partial charge in [-0.25, -0.2) is 0 Å². The van der Waals surface area contributed by atoms with Gasteiger partial charge >= 0.3 is 0 Å². The van der Waals surface area contributed by atoms with E-state index in [1.807, 2.05) is 0 Å². The van der Waals surface area contributed by atoms with Crippen LogP contribution in [0, 0.1) is 5.92 Å². The Hall–Kier alpha value is -1.37. The molecule has 0 N–H and O–H groups in total. The third-order valence-corrected chi connectivity index (χ3v) is 7.21. The lowest BCUT2D eigenvalue weighted by molar-refractivity contribution is -0.126. The van der Waals surface area contributed by atoms with Crippen molar-refractivity contribution < 1.29 is 4.79 Å². The number of hydrogen-bond donors (Lipinski definition) is 0. The van der Waals surface area contributed by atoms with Crippen molar-refractivity contribution in [1.29, 1.82) is 0 Å². The van der Waals surface area contributed by atoms with Gasteiger partial charge in [0.15, 0.2) is 0 Å². The van der Waals surface area contributed by atoms with Crippen LogP contribution < -0.4 is 0 Å². The van der Waals surface area contributed by atoms with Gasteiger partial charge in [0.05, 0.1) is 5.41 Å². The molecule has 0 saturated heterocycles. The number of carbonyl (C=O) groups excluding carboxylic acids is 1. The molecular weight excluding hydrogens is 280 g/mol. The van der Waals surface area contributed by atoms with Crippen molar-refractivity contribution in [1.82, 2.24) is 0 Å². The summed E-state index contributed by atoms with van der Waals surface area (Å²) < 4.78 is 0. The Morgan fingerprint density at radius 2 is 1.91 bits per heavy atom. The van der Waals surface area contributed by atoms with Crippen molar-refractivity contribution in [3.8, 4) is 0 Å². The Morgan fingerprint density at radius 1 is 1.04 bits per heavy atom. The lowest BCUT2D eigenvalue weighted by atomic mass is 9.61. The SMILES string of the molecule is O=C1CCc2cc(C3CCCCC3)ccc2C12CC1=CCC2C1. The van der Waals surface area contributed by atoms with Gasteiger partial charge in [0.2, 0.25) is 0 Å². The molecule has 0 radical (unpaired) electrons. The summed E-state index contributed by atoms with van der Waals surface area (Å²) in [5.41, 5.74) is 5.87. The second kappa shape index (κ2) is 5.06. The van der Waals surface area contributed by atoms with Crippen molar-refractivity contribution in [3.63, 3.8) is 0 Å². The Labute approximate surface area is 139 Å². The average Bonchev–Trinajstić information content (AvgIpc) is 3.21. The summed E-state index contributed by atoms with van der Waals surface area (Å²) in [6.45, 7) is 0. The van der Waals surface area contributed by atoms with E-state index in [4.69, 9.17) is 0 Å². The third kappa shape index (κ3) is 1.95. The largest absolute Gasteiger partial charge is 0.299 e. The van der Waals surface area contributed by atoms with Gasteiger partial charge in [-0.15, -0.1) is 0 Å². The molecule has 1 spiro atoms. The lowest BCUT2D eigenvalue weighted by Crippen LogP contribution is -2.43. The van der Waals surface area contributed by atoms with Crippen LogP contribution >= 0.6 is 0 Å². The molecule has 4 aliphatic rings. The molecule has 5 rings (SSSR count). The Balaban J connectivity index is 1.56. The second-order valence-electron chi connectivity index (χ2n) is 8.32. The fourth-order valence-corrected chi connectivity index (χ4v) is 6.02. The molecule has 23 heavy (non-hydrogen) atoms. The summed E-state index contributed by atoms with van der Waals surface area (Å²) in [7, 11) is 0. The van der Waals surface area contributed by atoms with Gasteiger partial charge in [0.25, 0.3) is 0 Å². The zero-order valence-corrected chi connectivity index (χ0v) is 13.9. The molecule has 120 valence electrons. The van der Waals surface area contributed by atoms with Gasteiger partial charge < -0.3 is 0 Å². The van der Waals surface area contributed by atoms with Gasteiger partial charge in [0.1, 0.15) is 5.78 Å². The number of ketones is 1. The minimum absolute atomic E-state index is 0.136. The number of carbonyl (C=O) groups is 1. The topological polar surface area (TPSA) is 17.1 Å². The number of aryl methyl sites for hydroxylation is 1. The molecule has 1 aromatic rings. The Kier molecular flexibility index (Phi) is 3.08. The first-order chi connectivity index (χ1) is 11.3. The molecule has 1 heteroatoms. The average molecular weight is 306 g/mol. The molecular formula is C22H26O. The summed E-state index contributed by atoms with van der Waals surface area (Å²) in [4.78, 5) is 12.9. The van der Waals surface area contributed by atoms with E-state index in [1.165, 1.54) is 49.7 Å². The van der Waals surface area contributed by atoms with Crippen LogP contribution in [0.15, 0.2) is 29.8 Å². The molecule has 0 aromatic heterocycles. The fourth-order valence-electron chi connectivity index (χ4n) is 6.02. The van der Waals surface area contributed by atoms with Crippen LogP contribution in [0.5, 0.6) is 0 Å². The predicted molar refractivity (Wildman–Crippen MR) is 92.7 cm³/mol. The number of Topliss-reactive ketones (excluding diaryl/α,β-unsaturated/α-hetero) is 1. The molecule has 1 nitrogen and oxygen atoms in total. The number of rotatable bonds is 1. The maximum Gasteiger partial charge on any atom is 0.144 e. The number of fused-ring (bicyclic) bond motifs is 5. The molecule has 0 heterocycles. The number of benzene rings is 1. The lowest BCUT2D eigenvalue weighted by Gasteiger charge is -2.40. The Morgan fingerprint density at radius 3 is 2.65 bits per heavy atom. The van der Waals surface area contributed by atoms with Crippen molar-refractivity contribution in [2.45, 2.75) is 75.5 Å². The molecule has 0 aliphatic heterocycles. The molecule has 2 atom stereocenters. The number of allylic oxidation sites excluding steroid dienone is 2.